The molecule has 1 atom stereocenters. The second-order valence-corrected chi connectivity index (χ2v) is 5.41. The molecule has 0 aromatic heterocycles. The van der Waals surface area contributed by atoms with Crippen molar-refractivity contribution in [3.8, 4) is 0 Å². The summed E-state index contributed by atoms with van der Waals surface area (Å²) in [5, 5.41) is 0. The van der Waals surface area contributed by atoms with Gasteiger partial charge in [-0.1, -0.05) is 43.3 Å². The lowest BCUT2D eigenvalue weighted by atomic mass is 9.98. The SMILES string of the molecule is CCc1ccc(C(N)Cc2cccc(F)c2Br)cc1. The molecule has 0 aliphatic heterocycles. The minimum atomic E-state index is -0.244. The molecule has 2 aromatic carbocycles. The fraction of sp³-hybridized carbons (Fsp3) is 0.250. The molecule has 2 N–H and O–H groups in total. The van der Waals surface area contributed by atoms with Gasteiger partial charge < -0.3 is 5.73 Å². The summed E-state index contributed by atoms with van der Waals surface area (Å²) in [6, 6.07) is 13.2. The summed E-state index contributed by atoms with van der Waals surface area (Å²) in [5.74, 6) is -0.244. The molecular weight excluding hydrogens is 305 g/mol. The molecule has 0 spiro atoms. The highest BCUT2D eigenvalue weighted by molar-refractivity contribution is 9.10. The second-order valence-electron chi connectivity index (χ2n) is 4.62. The molecule has 0 radical (unpaired) electrons. The Morgan fingerprint density at radius 1 is 1.16 bits per heavy atom. The van der Waals surface area contributed by atoms with E-state index >= 15 is 0 Å². The normalized spacial score (nSPS) is 12.4. The van der Waals surface area contributed by atoms with Crippen LogP contribution in [0, 0.1) is 5.82 Å². The molecule has 2 aromatic rings. The Labute approximate surface area is 121 Å². The number of halogens is 2. The van der Waals surface area contributed by atoms with Crippen LogP contribution < -0.4 is 5.73 Å². The predicted molar refractivity (Wildman–Crippen MR) is 80.6 cm³/mol. The van der Waals surface area contributed by atoms with Crippen LogP contribution in [0.5, 0.6) is 0 Å². The summed E-state index contributed by atoms with van der Waals surface area (Å²) in [6.07, 6.45) is 1.63. The van der Waals surface area contributed by atoms with Gasteiger partial charge in [0.15, 0.2) is 0 Å². The number of aryl methyl sites for hydroxylation is 1. The summed E-state index contributed by atoms with van der Waals surface area (Å²) in [5.41, 5.74) is 9.46. The van der Waals surface area contributed by atoms with E-state index in [2.05, 4.69) is 47.1 Å². The van der Waals surface area contributed by atoms with Gasteiger partial charge in [-0.25, -0.2) is 4.39 Å². The Morgan fingerprint density at radius 3 is 2.47 bits per heavy atom. The van der Waals surface area contributed by atoms with Crippen molar-refractivity contribution >= 4 is 15.9 Å². The first kappa shape index (κ1) is 14.2. The fourth-order valence-corrected chi connectivity index (χ4v) is 2.49. The van der Waals surface area contributed by atoms with Gasteiger partial charge in [-0.3, -0.25) is 0 Å². The van der Waals surface area contributed by atoms with Gasteiger partial charge in [0.25, 0.3) is 0 Å². The molecule has 0 aliphatic rings. The average Bonchev–Trinajstić information content (AvgIpc) is 2.44. The first-order chi connectivity index (χ1) is 9.11. The Hall–Kier alpha value is -1.19. The molecule has 1 unspecified atom stereocenters. The molecule has 1 nitrogen and oxygen atoms in total. The van der Waals surface area contributed by atoms with Crippen molar-refractivity contribution in [3.63, 3.8) is 0 Å². The van der Waals surface area contributed by atoms with Crippen LogP contribution in [0.2, 0.25) is 0 Å². The Bertz CT molecular complexity index is 551. The van der Waals surface area contributed by atoms with Gasteiger partial charge in [0.2, 0.25) is 0 Å². The number of benzene rings is 2. The summed E-state index contributed by atoms with van der Waals surface area (Å²) in [6.45, 7) is 2.12. The molecular formula is C16H17BrFN. The summed E-state index contributed by atoms with van der Waals surface area (Å²) >= 11 is 3.27. The largest absolute Gasteiger partial charge is 0.324 e. The van der Waals surface area contributed by atoms with Gasteiger partial charge in [0.1, 0.15) is 5.82 Å². The quantitative estimate of drug-likeness (QED) is 0.887. The summed E-state index contributed by atoms with van der Waals surface area (Å²) in [4.78, 5) is 0. The lowest BCUT2D eigenvalue weighted by Gasteiger charge is -2.14. The lowest BCUT2D eigenvalue weighted by molar-refractivity contribution is 0.614. The third-order valence-corrected chi connectivity index (χ3v) is 4.18. The van der Waals surface area contributed by atoms with Crippen molar-refractivity contribution in [2.24, 2.45) is 5.73 Å². The molecule has 0 saturated carbocycles. The van der Waals surface area contributed by atoms with E-state index < -0.39 is 0 Å². The fourth-order valence-electron chi connectivity index (χ4n) is 2.06. The van der Waals surface area contributed by atoms with Crippen LogP contribution in [0.15, 0.2) is 46.9 Å². The van der Waals surface area contributed by atoms with E-state index in [0.29, 0.717) is 10.9 Å². The molecule has 0 fully saturated rings. The number of nitrogens with two attached hydrogens (primary N) is 1. The molecule has 0 heterocycles. The van der Waals surface area contributed by atoms with E-state index in [1.165, 1.54) is 11.6 Å². The van der Waals surface area contributed by atoms with Crippen LogP contribution in [-0.4, -0.2) is 0 Å². The zero-order valence-corrected chi connectivity index (χ0v) is 12.5. The van der Waals surface area contributed by atoms with Gasteiger partial charge in [-0.15, -0.1) is 0 Å². The Morgan fingerprint density at radius 2 is 1.84 bits per heavy atom. The maximum Gasteiger partial charge on any atom is 0.137 e. The third-order valence-electron chi connectivity index (χ3n) is 3.29. The molecule has 19 heavy (non-hydrogen) atoms. The molecule has 100 valence electrons. The number of rotatable bonds is 4. The summed E-state index contributed by atoms with van der Waals surface area (Å²) < 4.78 is 14.0. The third kappa shape index (κ3) is 3.43. The van der Waals surface area contributed by atoms with Crippen LogP contribution in [0.4, 0.5) is 4.39 Å². The van der Waals surface area contributed by atoms with Crippen molar-refractivity contribution in [2.75, 3.05) is 0 Å². The molecule has 2 rings (SSSR count). The van der Waals surface area contributed by atoms with E-state index in [0.717, 1.165) is 17.5 Å². The average molecular weight is 322 g/mol. The Balaban J connectivity index is 2.15. The Kier molecular flexibility index (Phi) is 4.72. The topological polar surface area (TPSA) is 26.0 Å². The zero-order valence-electron chi connectivity index (χ0n) is 10.9. The van der Waals surface area contributed by atoms with E-state index in [4.69, 9.17) is 5.73 Å². The molecule has 0 amide bonds. The van der Waals surface area contributed by atoms with E-state index in [1.54, 1.807) is 6.07 Å². The molecule has 0 saturated heterocycles. The summed E-state index contributed by atoms with van der Waals surface area (Å²) in [7, 11) is 0. The van der Waals surface area contributed by atoms with Crippen LogP contribution in [-0.2, 0) is 12.8 Å². The van der Waals surface area contributed by atoms with Crippen LogP contribution in [0.3, 0.4) is 0 Å². The molecule has 3 heteroatoms. The second kappa shape index (κ2) is 6.31. The van der Waals surface area contributed by atoms with E-state index in [1.807, 2.05) is 6.07 Å². The van der Waals surface area contributed by atoms with Gasteiger partial charge in [0.05, 0.1) is 4.47 Å². The maximum absolute atomic E-state index is 13.4. The van der Waals surface area contributed by atoms with Crippen LogP contribution >= 0.6 is 15.9 Å². The van der Waals surface area contributed by atoms with E-state index in [9.17, 15) is 4.39 Å². The van der Waals surface area contributed by atoms with Crippen LogP contribution in [0.25, 0.3) is 0 Å². The van der Waals surface area contributed by atoms with Crippen molar-refractivity contribution in [3.05, 3.63) is 69.4 Å². The van der Waals surface area contributed by atoms with Crippen molar-refractivity contribution in [1.29, 1.82) is 0 Å². The minimum absolute atomic E-state index is 0.121. The number of hydrogen-bond acceptors (Lipinski definition) is 1. The highest BCUT2D eigenvalue weighted by Gasteiger charge is 2.11. The van der Waals surface area contributed by atoms with Gasteiger partial charge in [-0.2, -0.15) is 0 Å². The van der Waals surface area contributed by atoms with Gasteiger partial charge >= 0.3 is 0 Å². The lowest BCUT2D eigenvalue weighted by Crippen LogP contribution is -2.13. The minimum Gasteiger partial charge on any atom is -0.324 e. The number of hydrogen-bond donors (Lipinski definition) is 1. The highest BCUT2D eigenvalue weighted by atomic mass is 79.9. The highest BCUT2D eigenvalue weighted by Crippen LogP contribution is 2.25. The van der Waals surface area contributed by atoms with Crippen molar-refractivity contribution in [2.45, 2.75) is 25.8 Å². The van der Waals surface area contributed by atoms with Gasteiger partial charge in [-0.05, 0) is 51.5 Å². The molecule has 0 aliphatic carbocycles. The smallest absolute Gasteiger partial charge is 0.137 e. The first-order valence-electron chi connectivity index (χ1n) is 6.39. The first-order valence-corrected chi connectivity index (χ1v) is 7.18. The van der Waals surface area contributed by atoms with Crippen LogP contribution in [0.1, 0.15) is 29.7 Å². The molecule has 0 bridgehead atoms. The van der Waals surface area contributed by atoms with Crippen molar-refractivity contribution in [1.82, 2.24) is 0 Å². The van der Waals surface area contributed by atoms with Crippen molar-refractivity contribution < 1.29 is 4.39 Å². The zero-order chi connectivity index (χ0) is 13.8. The predicted octanol–water partition coefficient (Wildman–Crippen LogP) is 4.39. The van der Waals surface area contributed by atoms with Gasteiger partial charge in [0, 0.05) is 6.04 Å². The maximum atomic E-state index is 13.4. The standard InChI is InChI=1S/C16H17BrFN/c1-2-11-6-8-12(9-7-11)15(19)10-13-4-3-5-14(18)16(13)17/h3-9,15H,2,10,19H2,1H3. The van der Waals surface area contributed by atoms with E-state index in [-0.39, 0.29) is 11.9 Å². The monoisotopic (exact) mass is 321 g/mol.